The Morgan fingerprint density at radius 1 is 1.15 bits per heavy atom. The van der Waals surface area contributed by atoms with Gasteiger partial charge in [0.05, 0.1) is 0 Å². The Labute approximate surface area is 152 Å². The molecule has 7 nitrogen and oxygen atoms in total. The van der Waals surface area contributed by atoms with E-state index in [1.165, 1.54) is 18.4 Å². The second kappa shape index (κ2) is 6.85. The molecular weight excluding hydrogens is 354 g/mol. The summed E-state index contributed by atoms with van der Waals surface area (Å²) in [6.07, 6.45) is 3.08. The molecule has 1 aromatic carbocycles. The van der Waals surface area contributed by atoms with Crippen molar-refractivity contribution < 1.29 is 8.42 Å². The van der Waals surface area contributed by atoms with Crippen LogP contribution in [0.2, 0.25) is 0 Å². The van der Waals surface area contributed by atoms with Crippen LogP contribution < -0.4 is 11.2 Å². The van der Waals surface area contributed by atoms with Crippen molar-refractivity contribution in [2.45, 2.75) is 37.2 Å². The first-order chi connectivity index (χ1) is 12.2. The third-order valence-corrected chi connectivity index (χ3v) is 6.86. The topological polar surface area (TPSA) is 81.4 Å². The largest absolute Gasteiger partial charge is 0.330 e. The van der Waals surface area contributed by atoms with Gasteiger partial charge < -0.3 is 4.57 Å². The van der Waals surface area contributed by atoms with Crippen LogP contribution >= 0.6 is 0 Å². The summed E-state index contributed by atoms with van der Waals surface area (Å²) in [7, 11) is -1.33. The number of hydrogen-bond donors (Lipinski definition) is 0. The Hall–Kier alpha value is -2.19. The highest BCUT2D eigenvalue weighted by atomic mass is 32.2. The highest BCUT2D eigenvalue weighted by Gasteiger charge is 2.39. The maximum atomic E-state index is 13.3. The van der Waals surface area contributed by atoms with Crippen LogP contribution in [0.5, 0.6) is 0 Å². The summed E-state index contributed by atoms with van der Waals surface area (Å²) in [6.45, 7) is 2.07. The lowest BCUT2D eigenvalue weighted by atomic mass is 10.2. The number of sulfonamides is 1. The summed E-state index contributed by atoms with van der Waals surface area (Å²) in [5.74, 6) is 0.296. The molecule has 0 spiro atoms. The van der Waals surface area contributed by atoms with E-state index in [2.05, 4.69) is 0 Å². The lowest BCUT2D eigenvalue weighted by Gasteiger charge is -2.28. The van der Waals surface area contributed by atoms with Gasteiger partial charge in [0.25, 0.3) is 15.6 Å². The normalized spacial score (nSPS) is 16.0. The lowest BCUT2D eigenvalue weighted by Crippen LogP contribution is -2.45. The summed E-state index contributed by atoms with van der Waals surface area (Å²) in [5.41, 5.74) is -0.502. The van der Waals surface area contributed by atoms with E-state index in [-0.39, 0.29) is 17.5 Å². The van der Waals surface area contributed by atoms with Crippen LogP contribution in [-0.2, 0) is 30.7 Å². The molecule has 1 unspecified atom stereocenters. The quantitative estimate of drug-likeness (QED) is 0.754. The van der Waals surface area contributed by atoms with Gasteiger partial charge in [-0.2, -0.15) is 4.31 Å². The molecule has 1 aliphatic carbocycles. The van der Waals surface area contributed by atoms with Crippen molar-refractivity contribution in [3.05, 3.63) is 62.9 Å². The van der Waals surface area contributed by atoms with Crippen molar-refractivity contribution in [2.75, 3.05) is 0 Å². The van der Waals surface area contributed by atoms with Gasteiger partial charge in [-0.3, -0.25) is 9.36 Å². The predicted molar refractivity (Wildman–Crippen MR) is 98.3 cm³/mol. The zero-order valence-corrected chi connectivity index (χ0v) is 15.9. The molecule has 140 valence electrons. The van der Waals surface area contributed by atoms with E-state index in [9.17, 15) is 18.0 Å². The Kier molecular flexibility index (Phi) is 4.90. The van der Waals surface area contributed by atoms with Crippen molar-refractivity contribution in [2.24, 2.45) is 20.0 Å². The van der Waals surface area contributed by atoms with E-state index >= 15 is 0 Å². The van der Waals surface area contributed by atoms with Crippen LogP contribution in [-0.4, -0.2) is 27.9 Å². The van der Waals surface area contributed by atoms with Gasteiger partial charge in [-0.05, 0) is 31.2 Å². The van der Waals surface area contributed by atoms with Gasteiger partial charge in [0.1, 0.15) is 0 Å². The molecule has 0 radical (unpaired) electrons. The summed E-state index contributed by atoms with van der Waals surface area (Å²) in [6, 6.07) is 9.08. The molecule has 2 aromatic rings. The Morgan fingerprint density at radius 3 is 2.35 bits per heavy atom. The highest BCUT2D eigenvalue weighted by Crippen LogP contribution is 2.37. The van der Waals surface area contributed by atoms with Crippen molar-refractivity contribution in [3.63, 3.8) is 0 Å². The summed E-state index contributed by atoms with van der Waals surface area (Å²) >= 11 is 0. The maximum absolute atomic E-state index is 13.3. The third kappa shape index (κ3) is 3.39. The number of aryl methyl sites for hydroxylation is 1. The first-order valence-corrected chi connectivity index (χ1v) is 10.00. The Balaban J connectivity index is 2.10. The minimum absolute atomic E-state index is 0.187. The van der Waals surface area contributed by atoms with Crippen molar-refractivity contribution in [1.82, 2.24) is 13.4 Å². The minimum atomic E-state index is -4.06. The Morgan fingerprint density at radius 2 is 1.77 bits per heavy atom. The zero-order chi connectivity index (χ0) is 19.1. The van der Waals surface area contributed by atoms with E-state index in [1.54, 1.807) is 0 Å². The molecule has 1 fully saturated rings. The smallest absolute Gasteiger partial charge is 0.302 e. The molecule has 0 N–H and O–H groups in total. The second-order valence-electron chi connectivity index (χ2n) is 6.86. The fraction of sp³-hybridized carbons (Fsp3) is 0.444. The molecule has 3 rings (SSSR count). The molecular formula is C18H23N3O4S. The molecule has 0 saturated heterocycles. The Bertz CT molecular complexity index is 1020. The predicted octanol–water partition coefficient (Wildman–Crippen LogP) is 1.07. The molecule has 1 atom stereocenters. The van der Waals surface area contributed by atoms with Crippen LogP contribution in [0.1, 0.15) is 25.3 Å². The van der Waals surface area contributed by atoms with E-state index in [0.717, 1.165) is 33.7 Å². The maximum Gasteiger partial charge on any atom is 0.330 e. The summed E-state index contributed by atoms with van der Waals surface area (Å²) in [4.78, 5) is 24.0. The van der Waals surface area contributed by atoms with E-state index in [1.807, 2.05) is 37.3 Å². The monoisotopic (exact) mass is 377 g/mol. The highest BCUT2D eigenvalue weighted by molar-refractivity contribution is 7.89. The average molecular weight is 377 g/mol. The van der Waals surface area contributed by atoms with Crippen LogP contribution in [0.25, 0.3) is 0 Å². The molecule has 1 saturated carbocycles. The minimum Gasteiger partial charge on any atom is -0.302 e. The molecule has 0 aliphatic heterocycles. The van der Waals surface area contributed by atoms with Gasteiger partial charge in [0.2, 0.25) is 0 Å². The second-order valence-corrected chi connectivity index (χ2v) is 8.72. The van der Waals surface area contributed by atoms with Gasteiger partial charge in [0.15, 0.2) is 4.90 Å². The van der Waals surface area contributed by atoms with Gasteiger partial charge in [-0.25, -0.2) is 13.2 Å². The summed E-state index contributed by atoms with van der Waals surface area (Å²) < 4.78 is 30.0. The van der Waals surface area contributed by atoms with Gasteiger partial charge in [0, 0.05) is 32.9 Å². The van der Waals surface area contributed by atoms with E-state index in [0.29, 0.717) is 5.92 Å². The van der Waals surface area contributed by atoms with Crippen LogP contribution in [0.15, 0.2) is 51.0 Å². The molecule has 0 bridgehead atoms. The van der Waals surface area contributed by atoms with Crippen molar-refractivity contribution in [1.29, 1.82) is 0 Å². The molecule has 0 amide bonds. The SMILES string of the molecule is CC(C1CC1)N(Cc1ccccc1)S(=O)(=O)c1cn(C)c(=O)n(C)c1=O. The number of rotatable bonds is 6. The van der Waals surface area contributed by atoms with E-state index < -0.39 is 21.3 Å². The van der Waals surface area contributed by atoms with Gasteiger partial charge >= 0.3 is 5.69 Å². The average Bonchev–Trinajstić information content (AvgIpc) is 3.46. The summed E-state index contributed by atoms with van der Waals surface area (Å²) in [5, 5.41) is 0. The number of hydrogen-bond acceptors (Lipinski definition) is 4. The third-order valence-electron chi connectivity index (χ3n) is 4.94. The van der Waals surface area contributed by atoms with Crippen molar-refractivity contribution in [3.8, 4) is 0 Å². The molecule has 1 aliphatic rings. The molecule has 1 aromatic heterocycles. The first-order valence-electron chi connectivity index (χ1n) is 8.56. The fourth-order valence-electron chi connectivity index (χ4n) is 3.10. The molecule has 26 heavy (non-hydrogen) atoms. The first kappa shape index (κ1) is 18.6. The fourth-order valence-corrected chi connectivity index (χ4v) is 4.93. The zero-order valence-electron chi connectivity index (χ0n) is 15.1. The van der Waals surface area contributed by atoms with E-state index in [4.69, 9.17) is 0 Å². The molecule has 8 heteroatoms. The number of nitrogens with zero attached hydrogens (tertiary/aromatic N) is 3. The molecule has 1 heterocycles. The van der Waals surface area contributed by atoms with Gasteiger partial charge in [-0.15, -0.1) is 0 Å². The van der Waals surface area contributed by atoms with Crippen LogP contribution in [0, 0.1) is 5.92 Å². The van der Waals surface area contributed by atoms with Crippen LogP contribution in [0.3, 0.4) is 0 Å². The number of aromatic nitrogens is 2. The van der Waals surface area contributed by atoms with Gasteiger partial charge in [-0.1, -0.05) is 30.3 Å². The lowest BCUT2D eigenvalue weighted by molar-refractivity contribution is 0.302. The standard InChI is InChI=1S/C18H23N3O4S/c1-13(15-9-10-15)21(11-14-7-5-4-6-8-14)26(24,25)16-12-19(2)18(23)20(3)17(16)22/h4-8,12-13,15H,9-11H2,1-3H3. The van der Waals surface area contributed by atoms with Crippen molar-refractivity contribution >= 4 is 10.0 Å². The van der Waals surface area contributed by atoms with Crippen LogP contribution in [0.4, 0.5) is 0 Å². The number of benzene rings is 1.